The Bertz CT molecular complexity index is 594. The van der Waals surface area contributed by atoms with Gasteiger partial charge in [0.2, 0.25) is 0 Å². The molecule has 1 aromatic heterocycles. The average Bonchev–Trinajstić information content (AvgIpc) is 3.03. The third kappa shape index (κ3) is 2.37. The summed E-state index contributed by atoms with van der Waals surface area (Å²) in [5, 5.41) is 14.4. The van der Waals surface area contributed by atoms with Gasteiger partial charge in [-0.05, 0) is 46.9 Å². The van der Waals surface area contributed by atoms with Crippen LogP contribution in [0.15, 0.2) is 24.5 Å². The van der Waals surface area contributed by atoms with Gasteiger partial charge in [-0.15, -0.1) is 5.10 Å². The molecular weight excluding hydrogens is 257 g/mol. The number of aromatic nitrogens is 4. The van der Waals surface area contributed by atoms with Crippen molar-refractivity contribution in [1.82, 2.24) is 20.2 Å². The van der Waals surface area contributed by atoms with Crippen LogP contribution in [0.1, 0.15) is 33.1 Å². The van der Waals surface area contributed by atoms with Crippen LogP contribution in [-0.4, -0.2) is 26.2 Å². The summed E-state index contributed by atoms with van der Waals surface area (Å²) in [6.45, 7) is 4.45. The highest BCUT2D eigenvalue weighted by molar-refractivity contribution is 5.53. The number of nitrogens with one attached hydrogen (secondary N) is 1. The van der Waals surface area contributed by atoms with E-state index < -0.39 is 0 Å². The maximum absolute atomic E-state index is 14.0. The number of hydrogen-bond donors (Lipinski definition) is 1. The second-order valence-corrected chi connectivity index (χ2v) is 6.00. The van der Waals surface area contributed by atoms with E-state index in [-0.39, 0.29) is 11.2 Å². The van der Waals surface area contributed by atoms with Gasteiger partial charge in [0.05, 0.1) is 11.4 Å². The molecular formula is C14H18FN5. The maximum Gasteiger partial charge on any atom is 0.146 e. The molecule has 1 N–H and O–H groups in total. The maximum atomic E-state index is 14.0. The van der Waals surface area contributed by atoms with Crippen molar-refractivity contribution in [3.05, 3.63) is 30.3 Å². The first-order valence-corrected chi connectivity index (χ1v) is 6.86. The topological polar surface area (TPSA) is 55.6 Å². The number of benzene rings is 1. The van der Waals surface area contributed by atoms with E-state index in [0.717, 1.165) is 12.1 Å². The molecule has 1 atom stereocenters. The van der Waals surface area contributed by atoms with Gasteiger partial charge in [-0.1, -0.05) is 20.3 Å². The van der Waals surface area contributed by atoms with E-state index in [1.165, 1.54) is 29.9 Å². The highest BCUT2D eigenvalue weighted by Crippen LogP contribution is 2.39. The Labute approximate surface area is 117 Å². The zero-order valence-corrected chi connectivity index (χ0v) is 11.7. The first-order valence-electron chi connectivity index (χ1n) is 6.86. The van der Waals surface area contributed by atoms with Gasteiger partial charge in [0.15, 0.2) is 0 Å². The lowest BCUT2D eigenvalue weighted by Gasteiger charge is -2.29. The van der Waals surface area contributed by atoms with E-state index in [1.807, 2.05) is 0 Å². The number of halogens is 1. The van der Waals surface area contributed by atoms with Crippen LogP contribution in [0.3, 0.4) is 0 Å². The third-order valence-corrected chi connectivity index (χ3v) is 4.15. The number of nitrogens with zero attached hydrogens (tertiary/aromatic N) is 4. The third-order valence-electron chi connectivity index (χ3n) is 4.15. The second kappa shape index (κ2) is 4.85. The van der Waals surface area contributed by atoms with Gasteiger partial charge in [-0.2, -0.15) is 0 Å². The van der Waals surface area contributed by atoms with Crippen LogP contribution in [0.2, 0.25) is 0 Å². The molecule has 2 aromatic rings. The molecule has 0 spiro atoms. The minimum Gasteiger partial charge on any atom is -0.379 e. The largest absolute Gasteiger partial charge is 0.379 e. The lowest BCUT2D eigenvalue weighted by Crippen LogP contribution is -2.31. The van der Waals surface area contributed by atoms with Crippen molar-refractivity contribution in [2.45, 2.75) is 39.2 Å². The predicted octanol–water partition coefficient (Wildman–Crippen LogP) is 2.79. The van der Waals surface area contributed by atoms with E-state index in [0.29, 0.717) is 11.7 Å². The summed E-state index contributed by atoms with van der Waals surface area (Å²) in [4.78, 5) is 0. The van der Waals surface area contributed by atoms with Crippen molar-refractivity contribution in [3.8, 4) is 5.69 Å². The van der Waals surface area contributed by atoms with Crippen LogP contribution in [0.4, 0.5) is 10.1 Å². The first kappa shape index (κ1) is 13.0. The SMILES string of the molecule is CC1(C)CCCC1Nc1cc(-n2cnnn2)ccc1F. The van der Waals surface area contributed by atoms with Gasteiger partial charge in [0.1, 0.15) is 12.1 Å². The van der Waals surface area contributed by atoms with Crippen molar-refractivity contribution >= 4 is 5.69 Å². The number of anilines is 1. The zero-order valence-electron chi connectivity index (χ0n) is 11.7. The van der Waals surface area contributed by atoms with Crippen LogP contribution < -0.4 is 5.32 Å². The number of rotatable bonds is 3. The normalized spacial score (nSPS) is 21.1. The molecule has 0 aliphatic heterocycles. The van der Waals surface area contributed by atoms with Crippen molar-refractivity contribution in [1.29, 1.82) is 0 Å². The standard InChI is InChI=1S/C14H18FN5/c1-14(2)7-3-4-13(14)17-12-8-10(5-6-11(12)15)20-9-16-18-19-20/h5-6,8-9,13,17H,3-4,7H2,1-2H3. The lowest BCUT2D eigenvalue weighted by molar-refractivity contribution is 0.349. The molecule has 0 saturated heterocycles. The zero-order chi connectivity index (χ0) is 14.2. The fraction of sp³-hybridized carbons (Fsp3) is 0.500. The molecule has 0 amide bonds. The van der Waals surface area contributed by atoms with Gasteiger partial charge in [0.25, 0.3) is 0 Å². The van der Waals surface area contributed by atoms with Gasteiger partial charge < -0.3 is 5.32 Å². The molecule has 106 valence electrons. The molecule has 0 radical (unpaired) electrons. The van der Waals surface area contributed by atoms with Crippen molar-refractivity contribution in [2.75, 3.05) is 5.32 Å². The Morgan fingerprint density at radius 3 is 2.90 bits per heavy atom. The van der Waals surface area contributed by atoms with Crippen LogP contribution in [0.5, 0.6) is 0 Å². The fourth-order valence-corrected chi connectivity index (χ4v) is 2.83. The van der Waals surface area contributed by atoms with Gasteiger partial charge in [0, 0.05) is 6.04 Å². The molecule has 1 aromatic carbocycles. The quantitative estimate of drug-likeness (QED) is 0.935. The molecule has 1 saturated carbocycles. The van der Waals surface area contributed by atoms with Crippen molar-refractivity contribution in [3.63, 3.8) is 0 Å². The van der Waals surface area contributed by atoms with E-state index in [9.17, 15) is 4.39 Å². The Balaban J connectivity index is 1.88. The molecule has 1 unspecified atom stereocenters. The highest BCUT2D eigenvalue weighted by Gasteiger charge is 2.34. The van der Waals surface area contributed by atoms with E-state index in [1.54, 1.807) is 12.1 Å². The lowest BCUT2D eigenvalue weighted by atomic mass is 9.87. The van der Waals surface area contributed by atoms with E-state index in [4.69, 9.17) is 0 Å². The number of tetrazole rings is 1. The summed E-state index contributed by atoms with van der Waals surface area (Å²) < 4.78 is 15.5. The van der Waals surface area contributed by atoms with E-state index in [2.05, 4.69) is 34.7 Å². The summed E-state index contributed by atoms with van der Waals surface area (Å²) in [6.07, 6.45) is 4.91. The Hall–Kier alpha value is -1.98. The average molecular weight is 275 g/mol. The minimum absolute atomic E-state index is 0.192. The number of hydrogen-bond acceptors (Lipinski definition) is 4. The van der Waals surface area contributed by atoms with Crippen LogP contribution >= 0.6 is 0 Å². The van der Waals surface area contributed by atoms with Gasteiger partial charge >= 0.3 is 0 Å². The highest BCUT2D eigenvalue weighted by atomic mass is 19.1. The molecule has 6 heteroatoms. The Morgan fingerprint density at radius 1 is 1.40 bits per heavy atom. The molecule has 0 bridgehead atoms. The molecule has 1 fully saturated rings. The molecule has 1 heterocycles. The molecule has 20 heavy (non-hydrogen) atoms. The second-order valence-electron chi connectivity index (χ2n) is 6.00. The van der Waals surface area contributed by atoms with Gasteiger partial charge in [-0.3, -0.25) is 0 Å². The summed E-state index contributed by atoms with van der Waals surface area (Å²) >= 11 is 0. The molecule has 5 nitrogen and oxygen atoms in total. The van der Waals surface area contributed by atoms with E-state index >= 15 is 0 Å². The van der Waals surface area contributed by atoms with Crippen LogP contribution in [-0.2, 0) is 0 Å². The fourth-order valence-electron chi connectivity index (χ4n) is 2.83. The minimum atomic E-state index is -0.246. The summed E-state index contributed by atoms with van der Waals surface area (Å²) in [7, 11) is 0. The smallest absolute Gasteiger partial charge is 0.146 e. The Morgan fingerprint density at radius 2 is 2.25 bits per heavy atom. The predicted molar refractivity (Wildman–Crippen MR) is 74.2 cm³/mol. The summed E-state index contributed by atoms with van der Waals surface area (Å²) in [5.41, 5.74) is 1.45. The monoisotopic (exact) mass is 275 g/mol. The molecule has 1 aliphatic carbocycles. The summed E-state index contributed by atoms with van der Waals surface area (Å²) in [6, 6.07) is 5.15. The van der Waals surface area contributed by atoms with Crippen molar-refractivity contribution in [2.24, 2.45) is 5.41 Å². The molecule has 1 aliphatic rings. The van der Waals surface area contributed by atoms with Gasteiger partial charge in [-0.25, -0.2) is 9.07 Å². The van der Waals surface area contributed by atoms with Crippen LogP contribution in [0.25, 0.3) is 5.69 Å². The Kier molecular flexibility index (Phi) is 3.16. The van der Waals surface area contributed by atoms with Crippen LogP contribution in [0, 0.1) is 11.2 Å². The molecule has 3 rings (SSSR count). The first-order chi connectivity index (χ1) is 9.56. The van der Waals surface area contributed by atoms with Crippen molar-refractivity contribution < 1.29 is 4.39 Å². The summed E-state index contributed by atoms with van der Waals surface area (Å²) in [5.74, 6) is -0.246.